The summed E-state index contributed by atoms with van der Waals surface area (Å²) in [4.78, 5) is 38.0. The number of methoxy groups -OCH3 is 2. The van der Waals surface area contributed by atoms with E-state index in [1.807, 2.05) is 0 Å². The molecule has 0 radical (unpaired) electrons. The molecule has 0 bridgehead atoms. The van der Waals surface area contributed by atoms with Gasteiger partial charge in [-0.2, -0.15) is 0 Å². The number of phenolic OH excluding ortho intramolecular Hbond substituents is 1. The Morgan fingerprint density at radius 1 is 1.04 bits per heavy atom. The van der Waals surface area contributed by atoms with E-state index in [2.05, 4.69) is 5.32 Å². The summed E-state index contributed by atoms with van der Waals surface area (Å²) < 4.78 is 10.1. The number of anilines is 1. The van der Waals surface area contributed by atoms with Gasteiger partial charge in [-0.25, -0.2) is 9.69 Å². The predicted molar refractivity (Wildman–Crippen MR) is 96.7 cm³/mol. The fraction of sp³-hybridized carbons (Fsp3) is 0.105. The van der Waals surface area contributed by atoms with E-state index in [9.17, 15) is 19.5 Å². The lowest BCUT2D eigenvalue weighted by Gasteiger charge is -2.26. The smallest absolute Gasteiger partial charge is 0.335 e. The zero-order chi connectivity index (χ0) is 19.6. The number of urea groups is 1. The minimum atomic E-state index is -0.854. The van der Waals surface area contributed by atoms with E-state index >= 15 is 0 Å². The lowest BCUT2D eigenvalue weighted by molar-refractivity contribution is -0.122. The molecule has 8 nitrogen and oxygen atoms in total. The van der Waals surface area contributed by atoms with Gasteiger partial charge in [-0.05, 0) is 35.9 Å². The summed E-state index contributed by atoms with van der Waals surface area (Å²) in [6.07, 6.45) is 1.29. The van der Waals surface area contributed by atoms with Crippen LogP contribution in [0.1, 0.15) is 5.56 Å². The summed E-state index contributed by atoms with van der Waals surface area (Å²) in [7, 11) is 2.87. The number of nitrogens with zero attached hydrogens (tertiary/aromatic N) is 1. The van der Waals surface area contributed by atoms with Crippen LogP contribution in [0.5, 0.6) is 17.2 Å². The van der Waals surface area contributed by atoms with E-state index in [1.54, 1.807) is 24.3 Å². The van der Waals surface area contributed by atoms with Crippen LogP contribution in [-0.4, -0.2) is 37.2 Å². The molecule has 1 aliphatic rings. The van der Waals surface area contributed by atoms with Crippen molar-refractivity contribution >= 4 is 29.6 Å². The van der Waals surface area contributed by atoms with Gasteiger partial charge in [0, 0.05) is 6.07 Å². The van der Waals surface area contributed by atoms with Crippen molar-refractivity contribution in [2.24, 2.45) is 0 Å². The van der Waals surface area contributed by atoms with Gasteiger partial charge in [0.25, 0.3) is 11.8 Å². The number of ether oxygens (including phenoxy) is 2. The maximum absolute atomic E-state index is 12.8. The minimum absolute atomic E-state index is 0.142. The molecule has 0 saturated carbocycles. The van der Waals surface area contributed by atoms with E-state index in [0.29, 0.717) is 11.3 Å². The molecule has 2 aromatic rings. The molecule has 4 amide bonds. The van der Waals surface area contributed by atoms with Crippen LogP contribution in [0.4, 0.5) is 10.5 Å². The fourth-order valence-electron chi connectivity index (χ4n) is 2.60. The van der Waals surface area contributed by atoms with Gasteiger partial charge < -0.3 is 14.6 Å². The van der Waals surface area contributed by atoms with E-state index in [-0.39, 0.29) is 22.8 Å². The number of amides is 4. The van der Waals surface area contributed by atoms with Crippen LogP contribution in [0.25, 0.3) is 6.08 Å². The zero-order valence-electron chi connectivity index (χ0n) is 14.6. The highest BCUT2D eigenvalue weighted by Gasteiger charge is 2.36. The molecule has 2 aromatic carbocycles. The van der Waals surface area contributed by atoms with Gasteiger partial charge in [-0.15, -0.1) is 0 Å². The molecule has 1 aliphatic heterocycles. The van der Waals surface area contributed by atoms with Crippen LogP contribution < -0.4 is 19.7 Å². The highest BCUT2D eigenvalue weighted by Crippen LogP contribution is 2.29. The van der Waals surface area contributed by atoms with E-state index < -0.39 is 17.8 Å². The Labute approximate surface area is 154 Å². The van der Waals surface area contributed by atoms with Gasteiger partial charge in [-0.1, -0.05) is 12.1 Å². The molecule has 8 heteroatoms. The van der Waals surface area contributed by atoms with Gasteiger partial charge >= 0.3 is 6.03 Å². The summed E-state index contributed by atoms with van der Waals surface area (Å²) >= 11 is 0. The largest absolute Gasteiger partial charge is 0.504 e. The summed E-state index contributed by atoms with van der Waals surface area (Å²) in [5.41, 5.74) is 0.404. The average molecular weight is 368 g/mol. The minimum Gasteiger partial charge on any atom is -0.504 e. The van der Waals surface area contributed by atoms with E-state index in [1.165, 1.54) is 38.5 Å². The Kier molecular flexibility index (Phi) is 4.80. The number of rotatable bonds is 4. The van der Waals surface area contributed by atoms with E-state index in [0.717, 1.165) is 4.90 Å². The molecule has 1 fully saturated rings. The Morgan fingerprint density at radius 3 is 2.48 bits per heavy atom. The third kappa shape index (κ3) is 3.45. The number of hydrogen-bond acceptors (Lipinski definition) is 6. The highest BCUT2D eigenvalue weighted by atomic mass is 16.5. The molecule has 1 saturated heterocycles. The number of hydrogen-bond donors (Lipinski definition) is 2. The van der Waals surface area contributed by atoms with Gasteiger partial charge in [0.1, 0.15) is 11.3 Å². The first kappa shape index (κ1) is 18.0. The molecule has 0 aliphatic carbocycles. The second-order valence-electron chi connectivity index (χ2n) is 5.59. The molecular weight excluding hydrogens is 352 g/mol. The van der Waals surface area contributed by atoms with Crippen molar-refractivity contribution in [2.45, 2.75) is 0 Å². The second kappa shape index (κ2) is 7.20. The van der Waals surface area contributed by atoms with Crippen LogP contribution in [0.3, 0.4) is 0 Å². The van der Waals surface area contributed by atoms with Crippen LogP contribution in [0.2, 0.25) is 0 Å². The van der Waals surface area contributed by atoms with Gasteiger partial charge in [0.05, 0.1) is 19.9 Å². The summed E-state index contributed by atoms with van der Waals surface area (Å²) in [5, 5.41) is 12.0. The summed E-state index contributed by atoms with van der Waals surface area (Å²) in [6.45, 7) is 0. The quantitative estimate of drug-likeness (QED) is 0.632. The van der Waals surface area contributed by atoms with Crippen LogP contribution >= 0.6 is 0 Å². The van der Waals surface area contributed by atoms with Crippen LogP contribution in [0.15, 0.2) is 48.0 Å². The molecule has 27 heavy (non-hydrogen) atoms. The van der Waals surface area contributed by atoms with Gasteiger partial charge in [0.2, 0.25) is 0 Å². The number of benzene rings is 2. The Bertz CT molecular complexity index is 966. The molecule has 2 N–H and O–H groups in total. The molecular formula is C19H16N2O6. The zero-order valence-corrected chi connectivity index (χ0v) is 14.6. The average Bonchev–Trinajstić information content (AvgIpc) is 2.65. The first-order valence-corrected chi connectivity index (χ1v) is 7.87. The van der Waals surface area contributed by atoms with Crippen LogP contribution in [0, 0.1) is 0 Å². The molecule has 138 valence electrons. The Balaban J connectivity index is 2.00. The molecule has 0 aromatic heterocycles. The molecule has 0 spiro atoms. The molecule has 0 unspecified atom stereocenters. The normalized spacial score (nSPS) is 15.7. The van der Waals surface area contributed by atoms with Gasteiger partial charge in [0.15, 0.2) is 11.5 Å². The number of barbiturate groups is 1. The second-order valence-corrected chi connectivity index (χ2v) is 5.59. The maximum atomic E-state index is 12.8. The van der Waals surface area contributed by atoms with E-state index in [4.69, 9.17) is 9.47 Å². The topological polar surface area (TPSA) is 105 Å². The summed E-state index contributed by atoms with van der Waals surface area (Å²) in [6, 6.07) is 9.90. The lowest BCUT2D eigenvalue weighted by Crippen LogP contribution is -2.54. The number of nitrogens with one attached hydrogen (secondary N) is 1. The van der Waals surface area contributed by atoms with Crippen molar-refractivity contribution in [3.63, 3.8) is 0 Å². The standard InChI is InChI=1S/C19H16N2O6/c1-26-13-5-3-4-12(10-13)21-18(24)14(17(23)20-19(21)25)8-11-6-7-16(27-2)15(22)9-11/h3-10,22H,1-2H3,(H,20,23,25)/b14-8-. The number of carbonyl (C=O) groups excluding carboxylic acids is 3. The van der Waals surface area contributed by atoms with Crippen molar-refractivity contribution in [1.29, 1.82) is 0 Å². The lowest BCUT2D eigenvalue weighted by atomic mass is 10.1. The monoisotopic (exact) mass is 368 g/mol. The van der Waals surface area contributed by atoms with Crippen molar-refractivity contribution in [3.05, 3.63) is 53.6 Å². The number of aromatic hydroxyl groups is 1. The highest BCUT2D eigenvalue weighted by molar-refractivity contribution is 6.39. The number of phenols is 1. The van der Waals surface area contributed by atoms with Crippen molar-refractivity contribution in [2.75, 3.05) is 19.1 Å². The third-order valence-corrected chi connectivity index (χ3v) is 3.93. The molecule has 1 heterocycles. The first-order valence-electron chi connectivity index (χ1n) is 7.87. The SMILES string of the molecule is COc1cccc(N2C(=O)NC(=O)/C(=C/c3ccc(OC)c(O)c3)C2=O)c1. The molecule has 3 rings (SSSR count). The van der Waals surface area contributed by atoms with Gasteiger partial charge in [-0.3, -0.25) is 14.9 Å². The maximum Gasteiger partial charge on any atom is 0.335 e. The number of imide groups is 2. The third-order valence-electron chi connectivity index (χ3n) is 3.93. The van der Waals surface area contributed by atoms with Crippen molar-refractivity contribution in [1.82, 2.24) is 5.32 Å². The first-order chi connectivity index (χ1) is 12.9. The van der Waals surface area contributed by atoms with Crippen molar-refractivity contribution < 1.29 is 29.0 Å². The van der Waals surface area contributed by atoms with Crippen LogP contribution in [-0.2, 0) is 9.59 Å². The Hall–Kier alpha value is -3.81. The molecule has 0 atom stereocenters. The fourth-order valence-corrected chi connectivity index (χ4v) is 2.60. The number of carbonyl (C=O) groups is 3. The van der Waals surface area contributed by atoms with Crippen molar-refractivity contribution in [3.8, 4) is 17.2 Å². The Morgan fingerprint density at radius 2 is 1.81 bits per heavy atom. The predicted octanol–water partition coefficient (Wildman–Crippen LogP) is 2.08. The summed E-state index contributed by atoms with van der Waals surface area (Å²) in [5.74, 6) is -1.04.